The summed E-state index contributed by atoms with van der Waals surface area (Å²) < 4.78 is 32.1. The fourth-order valence-electron chi connectivity index (χ4n) is 2.79. The van der Waals surface area contributed by atoms with Crippen LogP contribution in [0.25, 0.3) is 10.8 Å². The van der Waals surface area contributed by atoms with Gasteiger partial charge >= 0.3 is 0 Å². The van der Waals surface area contributed by atoms with E-state index >= 15 is 0 Å². The number of hydrogen-bond donors (Lipinski definition) is 2. The SMILES string of the molecule is COc1cc2c(Cc3ccc(N(C)S(=O)O)cc3)n[nH]c(=O)c2cc1OC. The van der Waals surface area contributed by atoms with Crippen LogP contribution in [0.2, 0.25) is 0 Å². The number of methoxy groups -OCH3 is 2. The summed E-state index contributed by atoms with van der Waals surface area (Å²) in [5, 5.41) is 7.84. The minimum atomic E-state index is -2.08. The van der Waals surface area contributed by atoms with Gasteiger partial charge in [-0.15, -0.1) is 0 Å². The molecule has 0 spiro atoms. The fraction of sp³-hybridized carbons (Fsp3) is 0.222. The van der Waals surface area contributed by atoms with Gasteiger partial charge < -0.3 is 9.47 Å². The number of aromatic nitrogens is 2. The quantitative estimate of drug-likeness (QED) is 0.626. The lowest BCUT2D eigenvalue weighted by molar-refractivity contribution is 0.356. The Hall–Kier alpha value is -2.91. The Morgan fingerprint density at radius 2 is 1.70 bits per heavy atom. The van der Waals surface area contributed by atoms with Gasteiger partial charge in [0.15, 0.2) is 11.5 Å². The second-order valence-corrected chi connectivity index (χ2v) is 6.83. The highest BCUT2D eigenvalue weighted by atomic mass is 32.2. The molecule has 1 heterocycles. The van der Waals surface area contributed by atoms with E-state index in [1.807, 2.05) is 12.1 Å². The highest BCUT2D eigenvalue weighted by molar-refractivity contribution is 7.80. The normalized spacial score (nSPS) is 12.0. The molecule has 1 atom stereocenters. The molecule has 0 aliphatic heterocycles. The molecule has 0 radical (unpaired) electrons. The number of hydrogen-bond acceptors (Lipinski definition) is 5. The molecule has 3 aromatic rings. The van der Waals surface area contributed by atoms with Crippen molar-refractivity contribution in [2.75, 3.05) is 25.6 Å². The van der Waals surface area contributed by atoms with E-state index in [9.17, 15) is 9.00 Å². The van der Waals surface area contributed by atoms with E-state index in [2.05, 4.69) is 10.2 Å². The van der Waals surface area contributed by atoms with E-state index in [-0.39, 0.29) is 5.56 Å². The van der Waals surface area contributed by atoms with Crippen LogP contribution in [0.5, 0.6) is 11.5 Å². The molecule has 2 N–H and O–H groups in total. The summed E-state index contributed by atoms with van der Waals surface area (Å²) in [4.78, 5) is 12.2. The van der Waals surface area contributed by atoms with Crippen LogP contribution >= 0.6 is 0 Å². The topological polar surface area (TPSA) is 105 Å². The zero-order valence-electron chi connectivity index (χ0n) is 15.1. The van der Waals surface area contributed by atoms with Crippen LogP contribution in [0.1, 0.15) is 11.3 Å². The summed E-state index contributed by atoms with van der Waals surface area (Å²) in [6, 6.07) is 10.6. The number of H-pyrrole nitrogens is 1. The van der Waals surface area contributed by atoms with Crippen molar-refractivity contribution in [3.05, 3.63) is 58.0 Å². The van der Waals surface area contributed by atoms with Gasteiger partial charge in [-0.1, -0.05) is 12.1 Å². The maximum absolute atomic E-state index is 12.2. The fourth-order valence-corrected chi connectivity index (χ4v) is 3.09. The highest BCUT2D eigenvalue weighted by Gasteiger charge is 2.13. The monoisotopic (exact) mass is 389 g/mol. The first-order valence-corrected chi connectivity index (χ1v) is 9.08. The van der Waals surface area contributed by atoms with Crippen LogP contribution in [0, 0.1) is 0 Å². The van der Waals surface area contributed by atoms with E-state index in [0.29, 0.717) is 40.1 Å². The summed E-state index contributed by atoms with van der Waals surface area (Å²) in [6.45, 7) is 0. The van der Waals surface area contributed by atoms with Crippen LogP contribution in [0.15, 0.2) is 41.2 Å². The molecular weight excluding hydrogens is 370 g/mol. The zero-order valence-corrected chi connectivity index (χ0v) is 15.9. The third kappa shape index (κ3) is 3.79. The molecule has 0 amide bonds. The van der Waals surface area contributed by atoms with Gasteiger partial charge in [0.05, 0.1) is 31.0 Å². The maximum atomic E-state index is 12.2. The Kier molecular flexibility index (Phi) is 5.43. The Labute approximate surface area is 158 Å². The summed E-state index contributed by atoms with van der Waals surface area (Å²) in [5.74, 6) is 0.984. The van der Waals surface area contributed by atoms with Crippen LogP contribution in [0.4, 0.5) is 5.69 Å². The lowest BCUT2D eigenvalue weighted by atomic mass is 10.0. The highest BCUT2D eigenvalue weighted by Crippen LogP contribution is 2.32. The second kappa shape index (κ2) is 7.77. The third-order valence-electron chi connectivity index (χ3n) is 4.28. The summed E-state index contributed by atoms with van der Waals surface area (Å²) in [5.41, 5.74) is 1.92. The van der Waals surface area contributed by atoms with Crippen molar-refractivity contribution in [1.82, 2.24) is 10.2 Å². The van der Waals surface area contributed by atoms with Gasteiger partial charge in [0.25, 0.3) is 16.8 Å². The van der Waals surface area contributed by atoms with Crippen LogP contribution in [-0.4, -0.2) is 40.2 Å². The Morgan fingerprint density at radius 3 is 2.26 bits per heavy atom. The van der Waals surface area contributed by atoms with E-state index < -0.39 is 11.3 Å². The number of fused-ring (bicyclic) bond motifs is 1. The average Bonchev–Trinajstić information content (AvgIpc) is 2.69. The van der Waals surface area contributed by atoms with Gasteiger partial charge in [-0.2, -0.15) is 5.10 Å². The number of nitrogens with zero attached hydrogens (tertiary/aromatic N) is 2. The van der Waals surface area contributed by atoms with Crippen LogP contribution in [-0.2, 0) is 17.7 Å². The number of rotatable bonds is 6. The lowest BCUT2D eigenvalue weighted by Crippen LogP contribution is -2.18. The van der Waals surface area contributed by atoms with Crippen molar-refractivity contribution in [2.45, 2.75) is 6.42 Å². The smallest absolute Gasteiger partial charge is 0.272 e. The van der Waals surface area contributed by atoms with Gasteiger partial charge in [-0.25, -0.2) is 9.31 Å². The minimum Gasteiger partial charge on any atom is -0.493 e. The first-order chi connectivity index (χ1) is 12.9. The van der Waals surface area contributed by atoms with E-state index in [1.165, 1.54) is 25.6 Å². The largest absolute Gasteiger partial charge is 0.493 e. The van der Waals surface area contributed by atoms with Crippen LogP contribution in [0.3, 0.4) is 0 Å². The van der Waals surface area contributed by atoms with Gasteiger partial charge in [-0.05, 0) is 29.8 Å². The molecule has 27 heavy (non-hydrogen) atoms. The predicted octanol–water partition coefficient (Wildman–Crippen LogP) is 2.10. The molecule has 1 aromatic heterocycles. The molecule has 9 heteroatoms. The number of aromatic amines is 1. The molecule has 0 fully saturated rings. The van der Waals surface area contributed by atoms with E-state index in [0.717, 1.165) is 5.56 Å². The molecule has 3 rings (SSSR count). The molecule has 0 saturated heterocycles. The van der Waals surface area contributed by atoms with E-state index in [4.69, 9.17) is 14.0 Å². The third-order valence-corrected chi connectivity index (χ3v) is 4.96. The van der Waals surface area contributed by atoms with Gasteiger partial charge in [-0.3, -0.25) is 13.7 Å². The second-order valence-electron chi connectivity index (χ2n) is 5.82. The molecule has 0 aliphatic carbocycles. The average molecular weight is 389 g/mol. The predicted molar refractivity (Wildman–Crippen MR) is 104 cm³/mol. The molecule has 8 nitrogen and oxygen atoms in total. The van der Waals surface area contributed by atoms with Crippen molar-refractivity contribution in [3.8, 4) is 11.5 Å². The zero-order chi connectivity index (χ0) is 19.6. The number of ether oxygens (including phenoxy) is 2. The number of nitrogens with one attached hydrogen (secondary N) is 1. The molecule has 1 unspecified atom stereocenters. The Balaban J connectivity index is 2.01. The van der Waals surface area contributed by atoms with Crippen molar-refractivity contribution < 1.29 is 18.2 Å². The van der Waals surface area contributed by atoms with Crippen molar-refractivity contribution in [2.24, 2.45) is 0 Å². The summed E-state index contributed by atoms with van der Waals surface area (Å²) >= 11 is -2.08. The summed E-state index contributed by atoms with van der Waals surface area (Å²) in [7, 11) is 4.57. The van der Waals surface area contributed by atoms with Gasteiger partial charge in [0.2, 0.25) is 0 Å². The molecule has 2 aromatic carbocycles. The van der Waals surface area contributed by atoms with Gasteiger partial charge in [0.1, 0.15) is 0 Å². The standard InChI is InChI=1S/C18H19N3O5S/c1-21(27(23)24)12-6-4-11(5-7-12)8-15-13-9-16(25-2)17(26-3)10-14(13)18(22)20-19-15/h4-7,9-10H,8H2,1-3H3,(H,20,22)(H,23,24). The molecule has 142 valence electrons. The first kappa shape index (κ1) is 18.9. The number of benzene rings is 2. The lowest BCUT2D eigenvalue weighted by Gasteiger charge is -2.14. The van der Waals surface area contributed by atoms with Crippen molar-refractivity contribution >= 4 is 27.7 Å². The first-order valence-electron chi connectivity index (χ1n) is 8.01. The van der Waals surface area contributed by atoms with Crippen molar-refractivity contribution in [3.63, 3.8) is 0 Å². The summed E-state index contributed by atoms with van der Waals surface area (Å²) in [6.07, 6.45) is 0.467. The minimum absolute atomic E-state index is 0.308. The Morgan fingerprint density at radius 1 is 1.11 bits per heavy atom. The number of anilines is 1. The molecule has 0 saturated carbocycles. The maximum Gasteiger partial charge on any atom is 0.272 e. The van der Waals surface area contributed by atoms with Crippen molar-refractivity contribution in [1.29, 1.82) is 0 Å². The van der Waals surface area contributed by atoms with Gasteiger partial charge in [0, 0.05) is 18.9 Å². The van der Waals surface area contributed by atoms with Crippen LogP contribution < -0.4 is 19.3 Å². The molecule has 0 bridgehead atoms. The Bertz CT molecular complexity index is 1050. The molecule has 0 aliphatic rings. The van der Waals surface area contributed by atoms with E-state index in [1.54, 1.807) is 24.3 Å². The molecular formula is C18H19N3O5S.